The minimum Gasteiger partial charge on any atom is -0.308 e. The van der Waals surface area contributed by atoms with Crippen molar-refractivity contribution < 1.29 is 13.2 Å². The minimum atomic E-state index is -4.58. The predicted molar refractivity (Wildman–Crippen MR) is 138 cm³/mol. The van der Waals surface area contributed by atoms with E-state index in [9.17, 15) is 18.0 Å². The van der Waals surface area contributed by atoms with Crippen LogP contribution in [0.4, 0.5) is 13.2 Å². The lowest BCUT2D eigenvalue weighted by Crippen LogP contribution is -2.23. The smallest absolute Gasteiger partial charge is 0.308 e. The largest absolute Gasteiger partial charge is 0.416 e. The van der Waals surface area contributed by atoms with Crippen molar-refractivity contribution in [2.45, 2.75) is 51.3 Å². The molecule has 2 rings (SSSR count). The molecule has 1 aromatic carbocycles. The van der Waals surface area contributed by atoms with Gasteiger partial charge in [-0.2, -0.15) is 18.3 Å². The molecule has 11 heteroatoms. The second kappa shape index (κ2) is 14.8. The number of benzene rings is 1. The van der Waals surface area contributed by atoms with Crippen molar-refractivity contribution >= 4 is 35.0 Å². The van der Waals surface area contributed by atoms with Gasteiger partial charge in [-0.15, -0.1) is 0 Å². The number of nitrogens with one attached hydrogen (secondary N) is 1. The van der Waals surface area contributed by atoms with Crippen LogP contribution in [0, 0.1) is 6.92 Å². The summed E-state index contributed by atoms with van der Waals surface area (Å²) in [6.45, 7) is 9.87. The molecule has 190 valence electrons. The standard InChI is InChI=1S/C22H21Cl2F3N4OS.C2H6/c1-4-5-6-19(22(25,26)27)14(2)12-31-8-7-28-21(30-29-15(3)20(31)32)33-13-16-9-17(23)11-18(24)10-16;1-2/h4-11H,1,12-13H2,2-3H3,(H,28,30);1-2H3/b6-5-,8-7?,19-14+,29-15?;. The molecule has 0 saturated heterocycles. The maximum atomic E-state index is 13.4. The zero-order chi connectivity index (χ0) is 26.6. The van der Waals surface area contributed by atoms with E-state index in [2.05, 4.69) is 21.8 Å². The highest BCUT2D eigenvalue weighted by atomic mass is 35.5. The number of aromatic nitrogens is 4. The van der Waals surface area contributed by atoms with Crippen LogP contribution in [-0.2, 0) is 12.3 Å². The first-order valence-corrected chi connectivity index (χ1v) is 12.2. The van der Waals surface area contributed by atoms with Crippen molar-refractivity contribution in [3.63, 3.8) is 0 Å². The number of allylic oxidation sites excluding steroid dienone is 5. The average molecular weight is 547 g/mol. The Morgan fingerprint density at radius 1 is 1.23 bits per heavy atom. The number of H-pyrrole nitrogens is 1. The fraction of sp³-hybridized carbons (Fsp3) is 0.292. The lowest BCUT2D eigenvalue weighted by Gasteiger charge is -2.13. The lowest BCUT2D eigenvalue weighted by atomic mass is 10.1. The highest BCUT2D eigenvalue weighted by Gasteiger charge is 2.33. The molecule has 0 aliphatic carbocycles. The van der Waals surface area contributed by atoms with Crippen LogP contribution >= 0.6 is 35.0 Å². The minimum absolute atomic E-state index is 0.0463. The lowest BCUT2D eigenvalue weighted by molar-refractivity contribution is -0.0891. The molecule has 0 bridgehead atoms. The average Bonchev–Trinajstić information content (AvgIpc) is 2.84. The third-order valence-electron chi connectivity index (χ3n) is 4.20. The van der Waals surface area contributed by atoms with E-state index in [4.69, 9.17) is 23.2 Å². The van der Waals surface area contributed by atoms with Gasteiger partial charge in [0, 0.05) is 34.7 Å². The van der Waals surface area contributed by atoms with Gasteiger partial charge in [0.15, 0.2) is 5.16 Å². The summed E-state index contributed by atoms with van der Waals surface area (Å²) in [6, 6.07) is 5.15. The molecule has 1 heterocycles. The molecule has 0 saturated carbocycles. The first-order chi connectivity index (χ1) is 16.5. The van der Waals surface area contributed by atoms with Crippen molar-refractivity contribution in [3.8, 4) is 0 Å². The number of aromatic amines is 1. The number of rotatable bonds is 7. The van der Waals surface area contributed by atoms with Crippen molar-refractivity contribution in [2.24, 2.45) is 0 Å². The van der Waals surface area contributed by atoms with Crippen LogP contribution in [0.3, 0.4) is 0 Å². The van der Waals surface area contributed by atoms with Crippen LogP contribution in [0.15, 0.2) is 76.5 Å². The predicted octanol–water partition coefficient (Wildman–Crippen LogP) is 7.65. The Hall–Kier alpha value is -2.49. The quantitative estimate of drug-likeness (QED) is 0.286. The first kappa shape index (κ1) is 30.5. The number of nitrogens with zero attached hydrogens (tertiary/aromatic N) is 3. The van der Waals surface area contributed by atoms with E-state index in [1.165, 1.54) is 50.2 Å². The van der Waals surface area contributed by atoms with Crippen molar-refractivity contribution in [2.75, 3.05) is 0 Å². The second-order valence-corrected chi connectivity index (χ2v) is 8.66. The van der Waals surface area contributed by atoms with E-state index < -0.39 is 17.3 Å². The molecule has 0 amide bonds. The van der Waals surface area contributed by atoms with Gasteiger partial charge in [-0.05, 0) is 43.2 Å². The molecule has 0 unspecified atom stereocenters. The normalized spacial score (nSPS) is 11.9. The summed E-state index contributed by atoms with van der Waals surface area (Å²) in [5.41, 5.74) is -0.539. The Labute approximate surface area is 217 Å². The topological polar surface area (TPSA) is 63.6 Å². The third kappa shape index (κ3) is 10.3. The van der Waals surface area contributed by atoms with Crippen molar-refractivity contribution in [3.05, 3.63) is 98.2 Å². The molecule has 1 N–H and O–H groups in total. The molecule has 2 aromatic rings. The summed E-state index contributed by atoms with van der Waals surface area (Å²) >= 11 is 13.3. The molecule has 0 radical (unpaired) electrons. The summed E-state index contributed by atoms with van der Waals surface area (Å²) in [6.07, 6.45) is 1.43. The molecule has 0 aliphatic heterocycles. The number of alkyl halides is 3. The van der Waals surface area contributed by atoms with E-state index in [0.717, 1.165) is 16.2 Å². The van der Waals surface area contributed by atoms with Crippen LogP contribution in [0.1, 0.15) is 32.0 Å². The molecule has 0 fully saturated rings. The number of thioether (sulfide) groups is 1. The molecule has 1 aromatic heterocycles. The summed E-state index contributed by atoms with van der Waals surface area (Å²) in [7, 11) is 0. The number of aryl methyl sites for hydroxylation is 1. The zero-order valence-electron chi connectivity index (χ0n) is 19.8. The fourth-order valence-corrected chi connectivity index (χ4v) is 3.98. The van der Waals surface area contributed by atoms with E-state index in [0.29, 0.717) is 21.0 Å². The first-order valence-electron chi connectivity index (χ1n) is 10.5. The van der Waals surface area contributed by atoms with Crippen LogP contribution < -0.4 is 5.56 Å². The van der Waals surface area contributed by atoms with Gasteiger partial charge in [0.2, 0.25) is 0 Å². The molecule has 35 heavy (non-hydrogen) atoms. The van der Waals surface area contributed by atoms with Crippen LogP contribution in [0.5, 0.6) is 0 Å². The second-order valence-electron chi connectivity index (χ2n) is 6.83. The summed E-state index contributed by atoms with van der Waals surface area (Å²) in [5.74, 6) is 0.471. The van der Waals surface area contributed by atoms with Gasteiger partial charge in [0.25, 0.3) is 5.56 Å². The highest BCUT2D eigenvalue weighted by molar-refractivity contribution is 7.98. The molecular weight excluding hydrogens is 520 g/mol. The van der Waals surface area contributed by atoms with Gasteiger partial charge in [-0.25, -0.2) is 4.98 Å². The summed E-state index contributed by atoms with van der Waals surface area (Å²) < 4.78 is 41.4. The van der Waals surface area contributed by atoms with E-state index in [1.54, 1.807) is 18.2 Å². The molecule has 0 aliphatic rings. The van der Waals surface area contributed by atoms with Crippen LogP contribution in [0.2, 0.25) is 10.0 Å². The summed E-state index contributed by atoms with van der Waals surface area (Å²) in [5, 5.41) is 8.12. The van der Waals surface area contributed by atoms with Gasteiger partial charge in [-0.3, -0.25) is 9.89 Å². The maximum Gasteiger partial charge on any atom is 0.416 e. The SMILES string of the molecule is C=C/C=C\C(=C(\C)Cn1ccnc(SCc2cc(Cl)cc(Cl)c2)[nH]nc(C)c1=O)C(F)(F)F.CC. The van der Waals surface area contributed by atoms with Gasteiger partial charge < -0.3 is 4.57 Å². The molecule has 0 atom stereocenters. The third-order valence-corrected chi connectivity index (χ3v) is 5.58. The van der Waals surface area contributed by atoms with E-state index >= 15 is 0 Å². The van der Waals surface area contributed by atoms with Crippen molar-refractivity contribution in [1.82, 2.24) is 19.7 Å². The fourth-order valence-electron chi connectivity index (χ4n) is 2.69. The number of halogens is 5. The highest BCUT2D eigenvalue weighted by Crippen LogP contribution is 2.30. The van der Waals surface area contributed by atoms with Crippen molar-refractivity contribution in [1.29, 1.82) is 0 Å². The Bertz CT molecular complexity index is 1170. The Morgan fingerprint density at radius 3 is 2.43 bits per heavy atom. The molecular formula is C24H27Cl2F3N4OS. The van der Waals surface area contributed by atoms with Gasteiger partial charge >= 0.3 is 6.18 Å². The Morgan fingerprint density at radius 2 is 1.86 bits per heavy atom. The monoisotopic (exact) mass is 546 g/mol. The summed E-state index contributed by atoms with van der Waals surface area (Å²) in [4.78, 5) is 16.9. The zero-order valence-corrected chi connectivity index (χ0v) is 22.1. The van der Waals surface area contributed by atoms with Gasteiger partial charge in [0.1, 0.15) is 5.69 Å². The Balaban J connectivity index is 0.00000298. The molecule has 5 nitrogen and oxygen atoms in total. The van der Waals surface area contributed by atoms with Crippen LogP contribution in [0.25, 0.3) is 0 Å². The van der Waals surface area contributed by atoms with E-state index in [1.807, 2.05) is 13.8 Å². The van der Waals surface area contributed by atoms with Gasteiger partial charge in [0.05, 0.1) is 5.57 Å². The van der Waals surface area contributed by atoms with Crippen LogP contribution in [-0.4, -0.2) is 25.9 Å². The number of hydrogen-bond donors (Lipinski definition) is 1. The maximum absolute atomic E-state index is 13.4. The number of hydrogen-bond acceptors (Lipinski definition) is 4. The molecule has 0 spiro atoms. The van der Waals surface area contributed by atoms with Gasteiger partial charge in [-0.1, -0.05) is 73.6 Å². The Kier molecular flexibility index (Phi) is 12.9. The van der Waals surface area contributed by atoms with E-state index in [-0.39, 0.29) is 17.8 Å².